The van der Waals surface area contributed by atoms with E-state index in [2.05, 4.69) is 9.46 Å². The van der Waals surface area contributed by atoms with Gasteiger partial charge >= 0.3 is 6.61 Å². The summed E-state index contributed by atoms with van der Waals surface area (Å²) in [6.45, 7) is -1.73. The summed E-state index contributed by atoms with van der Waals surface area (Å²) >= 11 is 0. The molecule has 0 unspecified atom stereocenters. The number of carbonyl (C=O) groups is 1. The molecular weight excluding hydrogens is 438 g/mol. The molecule has 6 nitrogen and oxygen atoms in total. The third kappa shape index (κ3) is 5.49. The second-order valence-electron chi connectivity index (χ2n) is 8.91. The number of ether oxygens (including phenoxy) is 1. The minimum atomic E-state index is -3.66. The predicted molar refractivity (Wildman–Crippen MR) is 118 cm³/mol. The molecule has 3 aliphatic rings. The molecular formula is C23H30F2N2O4S. The number of halogens is 2. The highest BCUT2D eigenvalue weighted by atomic mass is 32.2. The molecule has 1 aliphatic heterocycles. The Bertz CT molecular complexity index is 966. The average Bonchev–Trinajstić information content (AvgIpc) is 2.78. The second kappa shape index (κ2) is 9.87. The number of aryl methyl sites for hydroxylation is 1. The molecule has 1 aromatic carbocycles. The van der Waals surface area contributed by atoms with Gasteiger partial charge in [0.25, 0.3) is 0 Å². The number of carbonyl (C=O) groups excluding carboxylic acids is 1. The van der Waals surface area contributed by atoms with Crippen molar-refractivity contribution in [2.75, 3.05) is 13.1 Å². The molecule has 0 spiro atoms. The maximum absolute atomic E-state index is 13.0. The van der Waals surface area contributed by atoms with Crippen molar-refractivity contribution in [2.24, 2.45) is 5.92 Å². The van der Waals surface area contributed by atoms with Crippen molar-refractivity contribution in [1.82, 2.24) is 9.62 Å². The van der Waals surface area contributed by atoms with Crippen molar-refractivity contribution in [3.05, 3.63) is 34.2 Å². The monoisotopic (exact) mass is 468 g/mol. The lowest BCUT2D eigenvalue weighted by Gasteiger charge is -2.35. The number of sulfonamides is 1. The largest absolute Gasteiger partial charge is 0.435 e. The Balaban J connectivity index is 1.35. The molecule has 0 aromatic heterocycles. The van der Waals surface area contributed by atoms with Crippen molar-refractivity contribution in [2.45, 2.75) is 70.4 Å². The number of piperidine rings is 1. The van der Waals surface area contributed by atoms with Crippen LogP contribution in [-0.4, -0.2) is 45.0 Å². The van der Waals surface area contributed by atoms with Crippen molar-refractivity contribution < 1.29 is 26.7 Å². The Morgan fingerprint density at radius 1 is 1.06 bits per heavy atom. The lowest BCUT2D eigenvalue weighted by atomic mass is 9.87. The fourth-order valence-corrected chi connectivity index (χ4v) is 6.43. The molecule has 1 saturated carbocycles. The Kier molecular flexibility index (Phi) is 7.14. The number of allylic oxidation sites excluding steroid dienone is 1. The second-order valence-corrected chi connectivity index (χ2v) is 10.7. The van der Waals surface area contributed by atoms with Crippen LogP contribution in [0.3, 0.4) is 0 Å². The van der Waals surface area contributed by atoms with Crippen LogP contribution in [0.2, 0.25) is 0 Å². The van der Waals surface area contributed by atoms with E-state index in [-0.39, 0.29) is 23.6 Å². The highest BCUT2D eigenvalue weighted by Gasteiger charge is 2.31. The van der Waals surface area contributed by atoms with Gasteiger partial charge in [0.05, 0.1) is 4.91 Å². The molecule has 32 heavy (non-hydrogen) atoms. The average molecular weight is 469 g/mol. The van der Waals surface area contributed by atoms with Crippen LogP contribution >= 0.6 is 0 Å². The number of rotatable bonds is 6. The molecule has 1 saturated heterocycles. The van der Waals surface area contributed by atoms with Crippen molar-refractivity contribution in [3.63, 3.8) is 0 Å². The maximum atomic E-state index is 13.0. The number of benzene rings is 1. The van der Waals surface area contributed by atoms with E-state index >= 15 is 0 Å². The van der Waals surface area contributed by atoms with Gasteiger partial charge in [-0.1, -0.05) is 25.3 Å². The van der Waals surface area contributed by atoms with Gasteiger partial charge in [0, 0.05) is 25.0 Å². The summed E-state index contributed by atoms with van der Waals surface area (Å²) in [6, 6.07) is 4.37. The van der Waals surface area contributed by atoms with Gasteiger partial charge in [0.1, 0.15) is 5.75 Å². The summed E-state index contributed by atoms with van der Waals surface area (Å²) in [4.78, 5) is 14.9. The number of fused-ring (bicyclic) bond motifs is 1. The summed E-state index contributed by atoms with van der Waals surface area (Å²) < 4.78 is 58.0. The van der Waals surface area contributed by atoms with Crippen LogP contribution in [0.1, 0.15) is 62.5 Å². The van der Waals surface area contributed by atoms with Gasteiger partial charge < -0.3 is 9.64 Å². The number of likely N-dealkylation sites (tertiary alicyclic amines) is 1. The molecule has 0 atom stereocenters. The van der Waals surface area contributed by atoms with Gasteiger partial charge in [-0.25, -0.2) is 13.1 Å². The zero-order chi connectivity index (χ0) is 22.7. The molecule has 2 fully saturated rings. The zero-order valence-electron chi connectivity index (χ0n) is 18.1. The Labute approximate surface area is 188 Å². The third-order valence-electron chi connectivity index (χ3n) is 6.72. The third-order valence-corrected chi connectivity index (χ3v) is 8.38. The van der Waals surface area contributed by atoms with Gasteiger partial charge in [-0.05, 0) is 67.9 Å². The van der Waals surface area contributed by atoms with E-state index in [0.717, 1.165) is 31.2 Å². The van der Waals surface area contributed by atoms with Crippen LogP contribution in [0.25, 0.3) is 6.08 Å². The Hall–Kier alpha value is -2.00. The van der Waals surface area contributed by atoms with Crippen molar-refractivity contribution in [3.8, 4) is 5.75 Å². The fraction of sp³-hybridized carbons (Fsp3) is 0.609. The van der Waals surface area contributed by atoms with E-state index in [9.17, 15) is 22.0 Å². The van der Waals surface area contributed by atoms with E-state index < -0.39 is 16.6 Å². The summed E-state index contributed by atoms with van der Waals surface area (Å²) in [6.07, 6.45) is 8.94. The standard InChI is InChI=1S/C23H30F2N2O4S/c24-23(25)31-20-8-6-18-15-21(9-7-17(18)14-20)32(29,30)26-19-10-12-27(13-11-19)22(28)16-4-2-1-3-5-16/h6,8,14-16,19,23,26H,1-5,7,9-13H2. The zero-order valence-corrected chi connectivity index (χ0v) is 18.9. The quantitative estimate of drug-likeness (QED) is 0.683. The molecule has 176 valence electrons. The molecule has 2 aliphatic carbocycles. The summed E-state index contributed by atoms with van der Waals surface area (Å²) in [7, 11) is -3.66. The summed E-state index contributed by atoms with van der Waals surface area (Å²) in [5.41, 5.74) is 1.49. The normalized spacial score (nSPS) is 20.7. The summed E-state index contributed by atoms with van der Waals surface area (Å²) in [5.74, 6) is 0.440. The minimum absolute atomic E-state index is 0.0751. The van der Waals surface area contributed by atoms with Crippen LogP contribution < -0.4 is 9.46 Å². The Morgan fingerprint density at radius 2 is 1.78 bits per heavy atom. The van der Waals surface area contributed by atoms with Crippen LogP contribution in [0.4, 0.5) is 8.78 Å². The first kappa shape index (κ1) is 23.2. The van der Waals surface area contributed by atoms with Crippen LogP contribution in [0.15, 0.2) is 23.1 Å². The maximum Gasteiger partial charge on any atom is 0.387 e. The van der Waals surface area contributed by atoms with Gasteiger partial charge in [-0.2, -0.15) is 8.78 Å². The number of nitrogens with one attached hydrogen (secondary N) is 1. The van der Waals surface area contributed by atoms with E-state index in [1.165, 1.54) is 18.6 Å². The number of alkyl halides is 2. The summed E-state index contributed by atoms with van der Waals surface area (Å²) in [5, 5.41) is 0. The van der Waals surface area contributed by atoms with Gasteiger partial charge in [0.15, 0.2) is 0 Å². The smallest absolute Gasteiger partial charge is 0.387 e. The van der Waals surface area contributed by atoms with Crippen LogP contribution in [0.5, 0.6) is 5.75 Å². The molecule has 0 bridgehead atoms. The highest BCUT2D eigenvalue weighted by molar-refractivity contribution is 7.93. The molecule has 1 amide bonds. The van der Waals surface area contributed by atoms with Gasteiger partial charge in [-0.15, -0.1) is 0 Å². The van der Waals surface area contributed by atoms with Crippen LogP contribution in [-0.2, 0) is 21.2 Å². The van der Waals surface area contributed by atoms with E-state index in [4.69, 9.17) is 0 Å². The first-order chi connectivity index (χ1) is 15.3. The van der Waals surface area contributed by atoms with Gasteiger partial charge in [-0.3, -0.25) is 4.79 Å². The lowest BCUT2D eigenvalue weighted by molar-refractivity contribution is -0.137. The first-order valence-corrected chi connectivity index (χ1v) is 12.9. The first-order valence-electron chi connectivity index (χ1n) is 11.4. The van der Waals surface area contributed by atoms with E-state index in [1.54, 1.807) is 12.1 Å². The molecule has 4 rings (SSSR count). The van der Waals surface area contributed by atoms with Crippen molar-refractivity contribution >= 4 is 22.0 Å². The van der Waals surface area contributed by atoms with Crippen molar-refractivity contribution in [1.29, 1.82) is 0 Å². The fourth-order valence-electron chi connectivity index (χ4n) is 4.95. The van der Waals surface area contributed by atoms with E-state index in [0.29, 0.717) is 49.2 Å². The molecule has 1 aromatic rings. The molecule has 9 heteroatoms. The molecule has 1 N–H and O–H groups in total. The Morgan fingerprint density at radius 3 is 2.47 bits per heavy atom. The number of hydrogen-bond acceptors (Lipinski definition) is 4. The predicted octanol–water partition coefficient (Wildman–Crippen LogP) is 4.07. The number of amides is 1. The van der Waals surface area contributed by atoms with Gasteiger partial charge in [0.2, 0.25) is 15.9 Å². The highest BCUT2D eigenvalue weighted by Crippen LogP contribution is 2.31. The number of hydrogen-bond donors (Lipinski definition) is 1. The minimum Gasteiger partial charge on any atom is -0.435 e. The lowest BCUT2D eigenvalue weighted by Crippen LogP contribution is -2.48. The SMILES string of the molecule is O=C(C1CCCCC1)N1CCC(NS(=O)(=O)C2=Cc3ccc(OC(F)F)cc3CC2)CC1. The molecule has 0 radical (unpaired) electrons. The van der Waals surface area contributed by atoms with E-state index in [1.807, 2.05) is 4.90 Å². The molecule has 1 heterocycles. The van der Waals surface area contributed by atoms with Crippen LogP contribution in [0, 0.1) is 5.92 Å². The topological polar surface area (TPSA) is 75.7 Å². The number of nitrogens with zero attached hydrogens (tertiary/aromatic N) is 1.